The monoisotopic (exact) mass is 513 g/mol. The second-order valence-electron chi connectivity index (χ2n) is 9.36. The molecule has 1 aliphatic rings. The highest BCUT2D eigenvalue weighted by atomic mass is 16.5. The molecule has 4 aromatic rings. The van der Waals surface area contributed by atoms with Crippen LogP contribution in [0, 0.1) is 0 Å². The van der Waals surface area contributed by atoms with Gasteiger partial charge in [0, 0.05) is 30.5 Å². The quantitative estimate of drug-likeness (QED) is 0.282. The number of hydrogen-bond acceptors (Lipinski definition) is 6. The first kappa shape index (κ1) is 25.3. The summed E-state index contributed by atoms with van der Waals surface area (Å²) < 4.78 is 11.5. The molecule has 9 heteroatoms. The number of benzene rings is 2. The van der Waals surface area contributed by atoms with Crippen molar-refractivity contribution in [2.45, 2.75) is 44.4 Å². The minimum absolute atomic E-state index is 0.00232. The first-order valence-corrected chi connectivity index (χ1v) is 12.7. The van der Waals surface area contributed by atoms with Gasteiger partial charge in [0.15, 0.2) is 5.75 Å². The van der Waals surface area contributed by atoms with E-state index in [0.29, 0.717) is 36.6 Å². The number of anilines is 1. The lowest BCUT2D eigenvalue weighted by Gasteiger charge is -2.36. The number of nitrogens with one attached hydrogen (secondary N) is 2. The van der Waals surface area contributed by atoms with Crippen LogP contribution in [0.2, 0.25) is 0 Å². The lowest BCUT2D eigenvalue weighted by Crippen LogP contribution is -2.44. The number of carbonyl (C=O) groups is 1. The topological polar surface area (TPSA) is 113 Å². The van der Waals surface area contributed by atoms with Crippen LogP contribution in [-0.4, -0.2) is 50.5 Å². The molecule has 9 nitrogen and oxygen atoms in total. The summed E-state index contributed by atoms with van der Waals surface area (Å²) in [6.45, 7) is 0.412. The van der Waals surface area contributed by atoms with Crippen LogP contribution in [0.25, 0.3) is 11.1 Å². The van der Waals surface area contributed by atoms with Crippen LogP contribution in [0.3, 0.4) is 0 Å². The molecule has 1 saturated carbocycles. The molecule has 0 spiro atoms. The SMILES string of the molecule is COc1cccc(CN(C(=O)Nc2ccc(-c3cn[nH]c3)cc2Oc2cccnc2)C2CCC(O)CC2)c1. The maximum atomic E-state index is 13.8. The van der Waals surface area contributed by atoms with E-state index in [1.807, 2.05) is 53.4 Å². The fourth-order valence-corrected chi connectivity index (χ4v) is 4.72. The van der Waals surface area contributed by atoms with Gasteiger partial charge in [-0.3, -0.25) is 10.1 Å². The van der Waals surface area contributed by atoms with E-state index in [1.165, 1.54) is 0 Å². The van der Waals surface area contributed by atoms with Crippen molar-refractivity contribution < 1.29 is 19.4 Å². The third-order valence-electron chi connectivity index (χ3n) is 6.77. The number of nitrogens with zero attached hydrogens (tertiary/aromatic N) is 3. The first-order chi connectivity index (χ1) is 18.6. The van der Waals surface area contributed by atoms with Crippen molar-refractivity contribution >= 4 is 11.7 Å². The molecule has 2 aromatic heterocycles. The van der Waals surface area contributed by atoms with E-state index in [2.05, 4.69) is 20.5 Å². The zero-order valence-corrected chi connectivity index (χ0v) is 21.2. The molecular weight excluding hydrogens is 482 g/mol. The zero-order chi connectivity index (χ0) is 26.3. The standard InChI is InChI=1S/C29H31N5O4/c1-37-25-5-2-4-20(14-25)19-34(23-8-10-24(35)11-9-23)29(36)33-27-12-7-21(22-16-31-32-17-22)15-28(27)38-26-6-3-13-30-18-26/h2-7,12-18,23-24,35H,8-11,19H2,1H3,(H,31,32)(H,33,36). The maximum Gasteiger partial charge on any atom is 0.322 e. The van der Waals surface area contributed by atoms with Crippen LogP contribution in [0.1, 0.15) is 31.2 Å². The molecule has 2 amide bonds. The number of amides is 2. The highest BCUT2D eigenvalue weighted by molar-refractivity contribution is 5.92. The molecule has 196 valence electrons. The number of carbonyl (C=O) groups excluding carboxylic acids is 1. The molecule has 0 radical (unpaired) electrons. The molecular formula is C29H31N5O4. The lowest BCUT2D eigenvalue weighted by molar-refractivity contribution is 0.0849. The van der Waals surface area contributed by atoms with Gasteiger partial charge >= 0.3 is 6.03 Å². The lowest BCUT2D eigenvalue weighted by atomic mass is 9.92. The van der Waals surface area contributed by atoms with Gasteiger partial charge in [-0.25, -0.2) is 4.79 Å². The number of aliphatic hydroxyl groups excluding tert-OH is 1. The summed E-state index contributed by atoms with van der Waals surface area (Å²) in [4.78, 5) is 19.8. The van der Waals surface area contributed by atoms with Gasteiger partial charge in [0.2, 0.25) is 0 Å². The van der Waals surface area contributed by atoms with Gasteiger partial charge in [-0.15, -0.1) is 0 Å². The Morgan fingerprint density at radius 1 is 1.05 bits per heavy atom. The van der Waals surface area contributed by atoms with Crippen LogP contribution >= 0.6 is 0 Å². The van der Waals surface area contributed by atoms with Gasteiger partial charge in [0.05, 0.1) is 31.3 Å². The van der Waals surface area contributed by atoms with Crippen molar-refractivity contribution in [1.29, 1.82) is 0 Å². The van der Waals surface area contributed by atoms with Crippen molar-refractivity contribution in [1.82, 2.24) is 20.1 Å². The number of methoxy groups -OCH3 is 1. The highest BCUT2D eigenvalue weighted by Crippen LogP contribution is 2.35. The average Bonchev–Trinajstić information content (AvgIpc) is 3.49. The number of ether oxygens (including phenoxy) is 2. The second kappa shape index (κ2) is 11.8. The number of hydrogen-bond donors (Lipinski definition) is 3. The molecule has 3 N–H and O–H groups in total. The molecule has 2 aromatic carbocycles. The number of rotatable bonds is 8. The van der Waals surface area contributed by atoms with E-state index in [0.717, 1.165) is 35.3 Å². The van der Waals surface area contributed by atoms with E-state index in [9.17, 15) is 9.90 Å². The average molecular weight is 514 g/mol. The Labute approximate surface area is 221 Å². The van der Waals surface area contributed by atoms with Crippen LogP contribution in [-0.2, 0) is 6.54 Å². The number of aliphatic hydroxyl groups is 1. The number of pyridine rings is 1. The van der Waals surface area contributed by atoms with E-state index >= 15 is 0 Å². The molecule has 0 saturated heterocycles. The fraction of sp³-hybridized carbons (Fsp3) is 0.276. The summed E-state index contributed by atoms with van der Waals surface area (Å²) >= 11 is 0. The third kappa shape index (κ3) is 6.12. The zero-order valence-electron chi connectivity index (χ0n) is 21.2. The Morgan fingerprint density at radius 3 is 2.63 bits per heavy atom. The van der Waals surface area contributed by atoms with Crippen molar-refractivity contribution in [2.24, 2.45) is 0 Å². The molecule has 38 heavy (non-hydrogen) atoms. The number of H-pyrrole nitrogens is 1. The van der Waals surface area contributed by atoms with Crippen LogP contribution < -0.4 is 14.8 Å². The van der Waals surface area contributed by atoms with E-state index in [4.69, 9.17) is 9.47 Å². The summed E-state index contributed by atoms with van der Waals surface area (Å²) in [5.41, 5.74) is 3.30. The van der Waals surface area contributed by atoms with Crippen molar-refractivity contribution in [2.75, 3.05) is 12.4 Å². The molecule has 0 aliphatic heterocycles. The van der Waals surface area contributed by atoms with Gasteiger partial charge in [0.25, 0.3) is 0 Å². The van der Waals surface area contributed by atoms with Gasteiger partial charge in [-0.1, -0.05) is 18.2 Å². The van der Waals surface area contributed by atoms with Gasteiger partial charge in [-0.05, 0) is 73.2 Å². The molecule has 1 fully saturated rings. The summed E-state index contributed by atoms with van der Waals surface area (Å²) in [7, 11) is 1.63. The van der Waals surface area contributed by atoms with Crippen LogP contribution in [0.15, 0.2) is 79.4 Å². The largest absolute Gasteiger partial charge is 0.497 e. The second-order valence-corrected chi connectivity index (χ2v) is 9.36. The van der Waals surface area contributed by atoms with Gasteiger partial charge < -0.3 is 24.8 Å². The molecule has 0 bridgehead atoms. The predicted octanol–water partition coefficient (Wildman–Crippen LogP) is 5.61. The van der Waals surface area contributed by atoms with Crippen LogP contribution in [0.4, 0.5) is 10.5 Å². The van der Waals surface area contributed by atoms with Crippen molar-refractivity contribution in [3.05, 3.63) is 84.9 Å². The third-order valence-corrected chi connectivity index (χ3v) is 6.77. The van der Waals surface area contributed by atoms with E-state index < -0.39 is 0 Å². The predicted molar refractivity (Wildman–Crippen MR) is 144 cm³/mol. The van der Waals surface area contributed by atoms with E-state index in [1.54, 1.807) is 38.0 Å². The number of urea groups is 1. The summed E-state index contributed by atoms with van der Waals surface area (Å²) in [5, 5.41) is 20.0. The van der Waals surface area contributed by atoms with Crippen LogP contribution in [0.5, 0.6) is 17.2 Å². The van der Waals surface area contributed by atoms with E-state index in [-0.39, 0.29) is 18.2 Å². The molecule has 5 rings (SSSR count). The Balaban J connectivity index is 1.43. The molecule has 0 unspecified atom stereocenters. The normalized spacial score (nSPS) is 17.0. The molecule has 2 heterocycles. The summed E-state index contributed by atoms with van der Waals surface area (Å²) in [6, 6.07) is 16.7. The Morgan fingerprint density at radius 2 is 1.89 bits per heavy atom. The summed E-state index contributed by atoms with van der Waals surface area (Å²) in [6.07, 6.45) is 9.32. The Bertz CT molecular complexity index is 1340. The smallest absolute Gasteiger partial charge is 0.322 e. The molecule has 1 aliphatic carbocycles. The van der Waals surface area contributed by atoms with Gasteiger partial charge in [0.1, 0.15) is 11.5 Å². The fourth-order valence-electron chi connectivity index (χ4n) is 4.72. The minimum atomic E-state index is -0.317. The van der Waals surface area contributed by atoms with Gasteiger partial charge in [-0.2, -0.15) is 5.10 Å². The first-order valence-electron chi connectivity index (χ1n) is 12.7. The number of aromatic amines is 1. The van der Waals surface area contributed by atoms with Crippen molar-refractivity contribution in [3.63, 3.8) is 0 Å². The number of aromatic nitrogens is 3. The Hall–Kier alpha value is -4.37. The Kier molecular flexibility index (Phi) is 7.84. The highest BCUT2D eigenvalue weighted by Gasteiger charge is 2.29. The summed E-state index contributed by atoms with van der Waals surface area (Å²) in [5.74, 6) is 1.79. The minimum Gasteiger partial charge on any atom is -0.497 e. The molecule has 0 atom stereocenters. The maximum absolute atomic E-state index is 13.8. The van der Waals surface area contributed by atoms with Crippen molar-refractivity contribution in [3.8, 4) is 28.4 Å².